The molecule has 0 aromatic carbocycles. The topological polar surface area (TPSA) is 59.4 Å². The SMILES string of the molecule is NC1C(O)=CC=CC1=Cc1ccco1. The molecule has 1 aromatic rings. The number of aliphatic hydroxyl groups excluding tert-OH is 1. The Labute approximate surface area is 81.8 Å². The number of aliphatic hydroxyl groups is 1. The van der Waals surface area contributed by atoms with Crippen LogP contribution in [0, 0.1) is 0 Å². The number of hydrogen-bond acceptors (Lipinski definition) is 3. The van der Waals surface area contributed by atoms with E-state index in [4.69, 9.17) is 10.2 Å². The van der Waals surface area contributed by atoms with Crippen molar-refractivity contribution in [3.63, 3.8) is 0 Å². The Morgan fingerprint density at radius 2 is 2.36 bits per heavy atom. The van der Waals surface area contributed by atoms with Gasteiger partial charge in [0.1, 0.15) is 11.5 Å². The third kappa shape index (κ3) is 1.63. The summed E-state index contributed by atoms with van der Waals surface area (Å²) in [4.78, 5) is 0. The minimum absolute atomic E-state index is 0.172. The van der Waals surface area contributed by atoms with E-state index in [2.05, 4.69) is 0 Å². The molecule has 0 fully saturated rings. The van der Waals surface area contributed by atoms with Gasteiger partial charge in [0.15, 0.2) is 0 Å². The van der Waals surface area contributed by atoms with Gasteiger partial charge in [-0.1, -0.05) is 12.2 Å². The maximum absolute atomic E-state index is 9.39. The van der Waals surface area contributed by atoms with Gasteiger partial charge in [0.05, 0.1) is 12.3 Å². The zero-order valence-corrected chi connectivity index (χ0v) is 7.55. The smallest absolute Gasteiger partial charge is 0.126 e. The van der Waals surface area contributed by atoms with E-state index in [1.807, 2.05) is 18.2 Å². The van der Waals surface area contributed by atoms with Gasteiger partial charge < -0.3 is 15.3 Å². The Balaban J connectivity index is 2.28. The average Bonchev–Trinajstić information content (AvgIpc) is 2.66. The molecule has 0 saturated heterocycles. The van der Waals surface area contributed by atoms with E-state index >= 15 is 0 Å². The van der Waals surface area contributed by atoms with Crippen molar-refractivity contribution in [2.75, 3.05) is 0 Å². The number of furan rings is 1. The van der Waals surface area contributed by atoms with Gasteiger partial charge in [-0.25, -0.2) is 0 Å². The third-order valence-electron chi connectivity index (χ3n) is 2.09. The first kappa shape index (κ1) is 8.84. The second-order valence-electron chi connectivity index (χ2n) is 3.09. The van der Waals surface area contributed by atoms with Crippen LogP contribution < -0.4 is 5.73 Å². The molecule has 72 valence electrons. The molecule has 1 aliphatic rings. The first-order chi connectivity index (χ1) is 6.77. The van der Waals surface area contributed by atoms with Crippen molar-refractivity contribution in [2.45, 2.75) is 6.04 Å². The van der Waals surface area contributed by atoms with Gasteiger partial charge in [0.25, 0.3) is 0 Å². The Kier molecular flexibility index (Phi) is 2.24. The van der Waals surface area contributed by atoms with E-state index in [9.17, 15) is 5.11 Å². The minimum atomic E-state index is -0.454. The van der Waals surface area contributed by atoms with Gasteiger partial charge in [0, 0.05) is 0 Å². The maximum atomic E-state index is 9.39. The zero-order valence-electron chi connectivity index (χ0n) is 7.55. The summed E-state index contributed by atoms with van der Waals surface area (Å²) in [7, 11) is 0. The fraction of sp³-hybridized carbons (Fsp3) is 0.0909. The molecule has 1 aliphatic carbocycles. The number of hydrogen-bond donors (Lipinski definition) is 2. The van der Waals surface area contributed by atoms with Gasteiger partial charge in [-0.3, -0.25) is 0 Å². The molecule has 0 amide bonds. The monoisotopic (exact) mass is 189 g/mol. The van der Waals surface area contributed by atoms with Crippen LogP contribution in [0.1, 0.15) is 5.76 Å². The van der Waals surface area contributed by atoms with Crippen LogP contribution in [0.3, 0.4) is 0 Å². The summed E-state index contributed by atoms with van der Waals surface area (Å²) in [6.45, 7) is 0. The molecule has 1 aromatic heterocycles. The summed E-state index contributed by atoms with van der Waals surface area (Å²) in [5.41, 5.74) is 6.59. The molecule has 3 nitrogen and oxygen atoms in total. The Bertz CT molecular complexity index is 399. The zero-order chi connectivity index (χ0) is 9.97. The molecular weight excluding hydrogens is 178 g/mol. The molecule has 1 unspecified atom stereocenters. The molecule has 0 radical (unpaired) electrons. The largest absolute Gasteiger partial charge is 0.510 e. The second-order valence-corrected chi connectivity index (χ2v) is 3.09. The van der Waals surface area contributed by atoms with E-state index in [-0.39, 0.29) is 5.76 Å². The predicted molar refractivity (Wildman–Crippen MR) is 54.5 cm³/mol. The van der Waals surface area contributed by atoms with Crippen LogP contribution in [0.5, 0.6) is 0 Å². The highest BCUT2D eigenvalue weighted by molar-refractivity contribution is 5.56. The lowest BCUT2D eigenvalue weighted by molar-refractivity contribution is 0.380. The van der Waals surface area contributed by atoms with Gasteiger partial charge in [-0.2, -0.15) is 0 Å². The molecule has 0 spiro atoms. The Morgan fingerprint density at radius 1 is 1.50 bits per heavy atom. The van der Waals surface area contributed by atoms with Crippen molar-refractivity contribution in [1.82, 2.24) is 0 Å². The molecule has 1 heterocycles. The van der Waals surface area contributed by atoms with Crippen LogP contribution in [-0.4, -0.2) is 11.1 Å². The highest BCUT2D eigenvalue weighted by Crippen LogP contribution is 2.18. The summed E-state index contributed by atoms with van der Waals surface area (Å²) >= 11 is 0. The standard InChI is InChI=1S/C11H11NO2/c12-11-8(3-1-5-10(11)13)7-9-4-2-6-14-9/h1-7,11,13H,12H2. The second kappa shape index (κ2) is 3.55. The third-order valence-corrected chi connectivity index (χ3v) is 2.09. The summed E-state index contributed by atoms with van der Waals surface area (Å²) in [5.74, 6) is 0.903. The van der Waals surface area contributed by atoms with Gasteiger partial charge in [0.2, 0.25) is 0 Å². The summed E-state index contributed by atoms with van der Waals surface area (Å²) < 4.78 is 5.15. The molecule has 14 heavy (non-hydrogen) atoms. The van der Waals surface area contributed by atoms with Crippen LogP contribution in [0.4, 0.5) is 0 Å². The highest BCUT2D eigenvalue weighted by Gasteiger charge is 2.14. The minimum Gasteiger partial charge on any atom is -0.510 e. The van der Waals surface area contributed by atoms with Crippen LogP contribution in [0.2, 0.25) is 0 Å². The summed E-state index contributed by atoms with van der Waals surface area (Å²) in [5, 5.41) is 9.39. The maximum Gasteiger partial charge on any atom is 0.126 e. The molecule has 0 bridgehead atoms. The first-order valence-electron chi connectivity index (χ1n) is 4.35. The Hall–Kier alpha value is -1.74. The van der Waals surface area contributed by atoms with E-state index in [0.717, 1.165) is 11.3 Å². The van der Waals surface area contributed by atoms with Crippen LogP contribution in [0.25, 0.3) is 6.08 Å². The van der Waals surface area contributed by atoms with Crippen LogP contribution in [-0.2, 0) is 0 Å². The van der Waals surface area contributed by atoms with Crippen molar-refractivity contribution < 1.29 is 9.52 Å². The van der Waals surface area contributed by atoms with Crippen LogP contribution >= 0.6 is 0 Å². The van der Waals surface area contributed by atoms with E-state index < -0.39 is 6.04 Å². The normalized spacial score (nSPS) is 23.9. The number of nitrogens with two attached hydrogens (primary N) is 1. The fourth-order valence-corrected chi connectivity index (χ4v) is 1.31. The lowest BCUT2D eigenvalue weighted by Gasteiger charge is -2.14. The van der Waals surface area contributed by atoms with Crippen LogP contribution in [0.15, 0.2) is 52.4 Å². The molecular formula is C11H11NO2. The molecule has 2 rings (SSSR count). The van der Waals surface area contributed by atoms with Crippen molar-refractivity contribution in [2.24, 2.45) is 5.73 Å². The summed E-state index contributed by atoms with van der Waals surface area (Å²) in [6.07, 6.45) is 8.61. The molecule has 1 atom stereocenters. The molecule has 0 aliphatic heterocycles. The van der Waals surface area contributed by atoms with Crippen molar-refractivity contribution in [3.05, 3.63) is 53.7 Å². The van der Waals surface area contributed by atoms with Crippen molar-refractivity contribution >= 4 is 6.08 Å². The molecule has 3 N–H and O–H groups in total. The lowest BCUT2D eigenvalue weighted by atomic mass is 10.0. The van der Waals surface area contributed by atoms with Crippen molar-refractivity contribution in [1.29, 1.82) is 0 Å². The highest BCUT2D eigenvalue weighted by atomic mass is 16.3. The van der Waals surface area contributed by atoms with Gasteiger partial charge in [-0.05, 0) is 29.9 Å². The molecule has 3 heteroatoms. The van der Waals surface area contributed by atoms with Gasteiger partial charge >= 0.3 is 0 Å². The first-order valence-corrected chi connectivity index (χ1v) is 4.35. The fourth-order valence-electron chi connectivity index (χ4n) is 1.31. The average molecular weight is 189 g/mol. The van der Waals surface area contributed by atoms with E-state index in [0.29, 0.717) is 0 Å². The van der Waals surface area contributed by atoms with E-state index in [1.165, 1.54) is 0 Å². The predicted octanol–water partition coefficient (Wildman–Crippen LogP) is 2.00. The number of rotatable bonds is 1. The van der Waals surface area contributed by atoms with Gasteiger partial charge in [-0.15, -0.1) is 0 Å². The Morgan fingerprint density at radius 3 is 3.07 bits per heavy atom. The van der Waals surface area contributed by atoms with E-state index in [1.54, 1.807) is 24.5 Å². The quantitative estimate of drug-likeness (QED) is 0.710. The number of allylic oxidation sites excluding steroid dienone is 2. The van der Waals surface area contributed by atoms with Crippen molar-refractivity contribution in [3.8, 4) is 0 Å². The summed E-state index contributed by atoms with van der Waals surface area (Å²) in [6, 6.07) is 3.19. The lowest BCUT2D eigenvalue weighted by Crippen LogP contribution is -2.25. The molecule has 0 saturated carbocycles.